The van der Waals surface area contributed by atoms with Crippen LogP contribution in [0.25, 0.3) is 0 Å². The highest BCUT2D eigenvalue weighted by atomic mass is 35.5. The van der Waals surface area contributed by atoms with E-state index in [0.717, 1.165) is 5.56 Å². The average molecular weight is 526 g/mol. The number of carbonyl (C=O) groups excluding carboxylic acids is 2. The summed E-state index contributed by atoms with van der Waals surface area (Å²) in [4.78, 5) is 25.5. The lowest BCUT2D eigenvalue weighted by Crippen LogP contribution is -2.44. The standard InChI is InChI=1S/C23H19Cl3N2O4S/c1-3-32-18-7-5-12(8-17(18)26)19-15(10-27)22(28-21(29)20(19)23(30)31-2)33-11-13-4-6-14(24)9-16(13)25/h4-9,19-20H,3,11H2,1-2H3,(H,28,29)/t19-,20-/m1/s1. The van der Waals surface area contributed by atoms with Crippen molar-refractivity contribution in [3.8, 4) is 11.8 Å². The van der Waals surface area contributed by atoms with E-state index in [0.29, 0.717) is 43.8 Å². The monoisotopic (exact) mass is 524 g/mol. The maximum atomic E-state index is 13.0. The summed E-state index contributed by atoms with van der Waals surface area (Å²) < 4.78 is 10.3. The van der Waals surface area contributed by atoms with Crippen LogP contribution in [0.5, 0.6) is 5.75 Å². The molecule has 33 heavy (non-hydrogen) atoms. The number of amides is 1. The van der Waals surface area contributed by atoms with E-state index in [1.165, 1.54) is 18.9 Å². The zero-order chi connectivity index (χ0) is 24.1. The van der Waals surface area contributed by atoms with Crippen LogP contribution in [0.3, 0.4) is 0 Å². The highest BCUT2D eigenvalue weighted by molar-refractivity contribution is 8.02. The van der Waals surface area contributed by atoms with Gasteiger partial charge in [-0.15, -0.1) is 11.8 Å². The molecule has 2 atom stereocenters. The van der Waals surface area contributed by atoms with E-state index < -0.39 is 23.7 Å². The Hall–Kier alpha value is -2.37. The van der Waals surface area contributed by atoms with Crippen LogP contribution in [0.2, 0.25) is 15.1 Å². The number of nitriles is 1. The number of rotatable bonds is 7. The minimum atomic E-state index is -1.25. The lowest BCUT2D eigenvalue weighted by atomic mass is 9.78. The molecule has 0 radical (unpaired) electrons. The molecule has 2 aromatic carbocycles. The first-order valence-corrected chi connectivity index (χ1v) is 11.9. The lowest BCUT2D eigenvalue weighted by Gasteiger charge is -2.31. The Morgan fingerprint density at radius 2 is 1.94 bits per heavy atom. The summed E-state index contributed by atoms with van der Waals surface area (Å²) in [5.74, 6) is -2.61. The van der Waals surface area contributed by atoms with Gasteiger partial charge >= 0.3 is 5.97 Å². The second-order valence-corrected chi connectivity index (χ2v) is 9.21. The summed E-state index contributed by atoms with van der Waals surface area (Å²) in [6, 6.07) is 12.2. The topological polar surface area (TPSA) is 88.4 Å². The third kappa shape index (κ3) is 5.59. The molecule has 1 N–H and O–H groups in total. The molecule has 0 aromatic heterocycles. The third-order valence-electron chi connectivity index (χ3n) is 4.99. The van der Waals surface area contributed by atoms with E-state index in [1.807, 2.05) is 6.92 Å². The van der Waals surface area contributed by atoms with Crippen molar-refractivity contribution in [2.45, 2.75) is 18.6 Å². The van der Waals surface area contributed by atoms with Crippen molar-refractivity contribution in [3.63, 3.8) is 0 Å². The van der Waals surface area contributed by atoms with Gasteiger partial charge in [-0.05, 0) is 42.3 Å². The van der Waals surface area contributed by atoms with Crippen molar-refractivity contribution in [1.29, 1.82) is 5.26 Å². The summed E-state index contributed by atoms with van der Waals surface area (Å²) >= 11 is 19.8. The van der Waals surface area contributed by atoms with Crippen LogP contribution in [0.4, 0.5) is 0 Å². The number of allylic oxidation sites excluding steroid dienone is 1. The number of nitrogens with one attached hydrogen (secondary N) is 1. The molecule has 0 saturated carbocycles. The molecule has 1 heterocycles. The van der Waals surface area contributed by atoms with Gasteiger partial charge < -0.3 is 14.8 Å². The number of halogens is 3. The van der Waals surface area contributed by atoms with Crippen LogP contribution in [0, 0.1) is 17.2 Å². The number of esters is 1. The number of hydrogen-bond acceptors (Lipinski definition) is 6. The van der Waals surface area contributed by atoms with Gasteiger partial charge in [0.25, 0.3) is 0 Å². The number of carbonyl (C=O) groups is 2. The molecule has 1 amide bonds. The van der Waals surface area contributed by atoms with E-state index in [2.05, 4.69) is 11.4 Å². The highest BCUT2D eigenvalue weighted by Gasteiger charge is 2.44. The number of benzene rings is 2. The van der Waals surface area contributed by atoms with Gasteiger partial charge in [-0.3, -0.25) is 9.59 Å². The van der Waals surface area contributed by atoms with Gasteiger partial charge in [-0.2, -0.15) is 5.26 Å². The van der Waals surface area contributed by atoms with E-state index in [9.17, 15) is 14.9 Å². The van der Waals surface area contributed by atoms with E-state index in [4.69, 9.17) is 44.3 Å². The average Bonchev–Trinajstić information content (AvgIpc) is 2.79. The molecule has 0 saturated heterocycles. The summed E-state index contributed by atoms with van der Waals surface area (Å²) in [5, 5.41) is 14.3. The predicted octanol–water partition coefficient (Wildman–Crippen LogP) is 5.72. The van der Waals surface area contributed by atoms with Gasteiger partial charge in [0.15, 0.2) is 0 Å². The Balaban J connectivity index is 2.04. The van der Waals surface area contributed by atoms with Gasteiger partial charge in [0, 0.05) is 21.7 Å². The number of ether oxygens (including phenoxy) is 2. The van der Waals surface area contributed by atoms with Crippen LogP contribution in [0.15, 0.2) is 47.0 Å². The molecule has 1 aliphatic heterocycles. The Kier molecular flexibility index (Phi) is 8.55. The SMILES string of the molecule is CCOc1ccc([C@@H]2C(C#N)=C(SCc3ccc(Cl)cc3Cl)NC(=O)[C@@H]2C(=O)OC)cc1Cl. The van der Waals surface area contributed by atoms with Crippen molar-refractivity contribution < 1.29 is 19.1 Å². The van der Waals surface area contributed by atoms with Crippen molar-refractivity contribution in [2.75, 3.05) is 13.7 Å². The molecule has 1 aliphatic rings. The lowest BCUT2D eigenvalue weighted by molar-refractivity contribution is -0.150. The van der Waals surface area contributed by atoms with Crippen molar-refractivity contribution in [3.05, 3.63) is 73.2 Å². The fraction of sp³-hybridized carbons (Fsp3) is 0.261. The first kappa shape index (κ1) is 25.3. The maximum absolute atomic E-state index is 13.0. The van der Waals surface area contributed by atoms with Crippen LogP contribution in [-0.2, 0) is 20.1 Å². The van der Waals surface area contributed by atoms with Crippen LogP contribution < -0.4 is 10.1 Å². The van der Waals surface area contributed by atoms with Crippen LogP contribution >= 0.6 is 46.6 Å². The van der Waals surface area contributed by atoms with Gasteiger partial charge in [-0.25, -0.2) is 0 Å². The number of nitrogens with zero attached hydrogens (tertiary/aromatic N) is 1. The first-order chi connectivity index (χ1) is 15.8. The number of methoxy groups -OCH3 is 1. The molecule has 172 valence electrons. The minimum Gasteiger partial charge on any atom is -0.492 e. The van der Waals surface area contributed by atoms with E-state index in [-0.39, 0.29) is 5.57 Å². The van der Waals surface area contributed by atoms with Crippen LogP contribution in [-0.4, -0.2) is 25.6 Å². The largest absolute Gasteiger partial charge is 0.492 e. The minimum absolute atomic E-state index is 0.223. The highest BCUT2D eigenvalue weighted by Crippen LogP contribution is 2.42. The second-order valence-electron chi connectivity index (χ2n) is 6.97. The predicted molar refractivity (Wildman–Crippen MR) is 129 cm³/mol. The molecule has 0 aliphatic carbocycles. The molecule has 0 unspecified atom stereocenters. The molecule has 6 nitrogen and oxygen atoms in total. The normalized spacial score (nSPS) is 17.9. The summed E-state index contributed by atoms with van der Waals surface area (Å²) in [7, 11) is 1.19. The molecule has 0 spiro atoms. The molecule has 0 bridgehead atoms. The van der Waals surface area contributed by atoms with Gasteiger partial charge in [0.2, 0.25) is 5.91 Å². The quantitative estimate of drug-likeness (QED) is 0.368. The van der Waals surface area contributed by atoms with Gasteiger partial charge in [0.05, 0.1) is 35.4 Å². The molecule has 10 heteroatoms. The first-order valence-electron chi connectivity index (χ1n) is 9.82. The Morgan fingerprint density at radius 1 is 1.18 bits per heavy atom. The molecular formula is C23H19Cl3N2O4S. The van der Waals surface area contributed by atoms with E-state index in [1.54, 1.807) is 36.4 Å². The van der Waals surface area contributed by atoms with Crippen LogP contribution in [0.1, 0.15) is 24.0 Å². The zero-order valence-electron chi connectivity index (χ0n) is 17.7. The number of hydrogen-bond donors (Lipinski definition) is 1. The Labute approximate surface area is 210 Å². The van der Waals surface area contributed by atoms with Gasteiger partial charge in [-0.1, -0.05) is 46.9 Å². The molecule has 2 aromatic rings. The molecule has 3 rings (SSSR count). The second kappa shape index (κ2) is 11.2. The Bertz CT molecular complexity index is 1160. The third-order valence-corrected chi connectivity index (χ3v) is 6.93. The van der Waals surface area contributed by atoms with Crippen molar-refractivity contribution in [1.82, 2.24) is 5.32 Å². The van der Waals surface area contributed by atoms with E-state index >= 15 is 0 Å². The summed E-state index contributed by atoms with van der Waals surface area (Å²) in [5.41, 5.74) is 1.52. The summed E-state index contributed by atoms with van der Waals surface area (Å²) in [6.07, 6.45) is 0. The van der Waals surface area contributed by atoms with Gasteiger partial charge in [0.1, 0.15) is 11.7 Å². The van der Waals surface area contributed by atoms with Crippen molar-refractivity contribution in [2.24, 2.45) is 5.92 Å². The summed E-state index contributed by atoms with van der Waals surface area (Å²) in [6.45, 7) is 2.25. The zero-order valence-corrected chi connectivity index (χ0v) is 20.7. The smallest absolute Gasteiger partial charge is 0.319 e. The van der Waals surface area contributed by atoms with Crippen molar-refractivity contribution >= 4 is 58.4 Å². The Morgan fingerprint density at radius 3 is 2.55 bits per heavy atom. The maximum Gasteiger partial charge on any atom is 0.319 e. The number of thioether (sulfide) groups is 1. The fourth-order valence-electron chi connectivity index (χ4n) is 3.45. The fourth-order valence-corrected chi connectivity index (χ4v) is 5.30. The molecular weight excluding hydrogens is 507 g/mol. The molecule has 0 fully saturated rings.